The van der Waals surface area contributed by atoms with Crippen LogP contribution in [0.1, 0.15) is 33.1 Å². The Bertz CT molecular complexity index is 617. The van der Waals surface area contributed by atoms with Crippen molar-refractivity contribution >= 4 is 27.4 Å². The normalized spacial score (nSPS) is 18.9. The van der Waals surface area contributed by atoms with Gasteiger partial charge >= 0.3 is 0 Å². The van der Waals surface area contributed by atoms with Crippen molar-refractivity contribution in [1.29, 1.82) is 0 Å². The van der Waals surface area contributed by atoms with E-state index in [2.05, 4.69) is 24.3 Å². The zero-order chi connectivity index (χ0) is 15.7. The average Bonchev–Trinajstić information content (AvgIpc) is 2.93. The Labute approximate surface area is 130 Å². The van der Waals surface area contributed by atoms with Gasteiger partial charge in [-0.3, -0.25) is 0 Å². The minimum atomic E-state index is -3.56. The molecule has 0 aromatic carbocycles. The third kappa shape index (κ3) is 3.01. The van der Waals surface area contributed by atoms with E-state index in [0.29, 0.717) is 13.1 Å². The molecule has 1 aromatic heterocycles. The lowest BCUT2D eigenvalue weighted by Gasteiger charge is -2.26. The Balaban J connectivity index is 2.29. The van der Waals surface area contributed by atoms with E-state index in [9.17, 15) is 8.42 Å². The summed E-state index contributed by atoms with van der Waals surface area (Å²) in [5, 5.41) is 0.190. The van der Waals surface area contributed by atoms with E-state index in [1.807, 2.05) is 0 Å². The Morgan fingerprint density at radius 1 is 1.48 bits per heavy atom. The molecule has 3 N–H and O–H groups in total. The number of nitrogens with two attached hydrogens (primary N) is 1. The molecular formula is C13H21ClN4O2S. The van der Waals surface area contributed by atoms with Crippen LogP contribution in [0.25, 0.3) is 0 Å². The van der Waals surface area contributed by atoms with Crippen LogP contribution in [0.3, 0.4) is 0 Å². The van der Waals surface area contributed by atoms with Crippen molar-refractivity contribution in [3.8, 4) is 0 Å². The van der Waals surface area contributed by atoms with Gasteiger partial charge in [-0.05, 0) is 30.7 Å². The monoisotopic (exact) mass is 332 g/mol. The second-order valence-corrected chi connectivity index (χ2v) is 7.79. The summed E-state index contributed by atoms with van der Waals surface area (Å²) in [6, 6.07) is 1.39. The van der Waals surface area contributed by atoms with Crippen LogP contribution >= 0.6 is 11.6 Å². The lowest BCUT2D eigenvalue weighted by Crippen LogP contribution is -2.32. The fraction of sp³-hybridized carbons (Fsp3) is 0.615. The van der Waals surface area contributed by atoms with Crippen LogP contribution < -0.4 is 11.3 Å². The van der Waals surface area contributed by atoms with Gasteiger partial charge in [0.1, 0.15) is 4.90 Å². The predicted octanol–water partition coefficient (Wildman–Crippen LogP) is 2.22. The molecule has 2 heterocycles. The summed E-state index contributed by atoms with van der Waals surface area (Å²) in [4.78, 5) is 4.04. The topological polar surface area (TPSA) is 88.3 Å². The van der Waals surface area contributed by atoms with Gasteiger partial charge in [0.25, 0.3) is 0 Å². The largest absolute Gasteiger partial charge is 0.307 e. The number of halogens is 1. The fourth-order valence-corrected chi connectivity index (χ4v) is 4.56. The molecule has 6 nitrogen and oxygen atoms in total. The SMILES string of the molecule is CCC1(CC)CCN(S(=O)(=O)c2cnc(NN)c(Cl)c2)C1. The second kappa shape index (κ2) is 6.08. The molecule has 1 saturated heterocycles. The van der Waals surface area contributed by atoms with Crippen LogP contribution in [-0.4, -0.2) is 30.8 Å². The highest BCUT2D eigenvalue weighted by atomic mass is 35.5. The third-order valence-corrected chi connectivity index (χ3v) is 6.59. The van der Waals surface area contributed by atoms with Gasteiger partial charge in [-0.1, -0.05) is 25.4 Å². The smallest absolute Gasteiger partial charge is 0.244 e. The highest BCUT2D eigenvalue weighted by Crippen LogP contribution is 2.39. The minimum Gasteiger partial charge on any atom is -0.307 e. The number of aromatic nitrogens is 1. The van der Waals surface area contributed by atoms with Gasteiger partial charge in [-0.25, -0.2) is 19.2 Å². The first-order valence-corrected chi connectivity index (χ1v) is 8.82. The van der Waals surface area contributed by atoms with E-state index in [1.165, 1.54) is 16.6 Å². The van der Waals surface area contributed by atoms with Crippen molar-refractivity contribution in [2.24, 2.45) is 11.3 Å². The number of nitrogen functional groups attached to an aromatic ring is 1. The standard InChI is InChI=1S/C13H21ClN4O2S/c1-3-13(4-2)5-6-18(9-13)21(19,20)10-7-11(14)12(17-15)16-8-10/h7-8H,3-6,9,15H2,1-2H3,(H,16,17). The molecule has 118 valence electrons. The van der Waals surface area contributed by atoms with Gasteiger partial charge in [0.15, 0.2) is 5.82 Å². The minimum absolute atomic E-state index is 0.0864. The molecule has 0 amide bonds. The molecule has 0 spiro atoms. The number of nitrogens with zero attached hydrogens (tertiary/aromatic N) is 2. The van der Waals surface area contributed by atoms with Gasteiger partial charge in [0.05, 0.1) is 5.02 Å². The summed E-state index contributed by atoms with van der Waals surface area (Å²) in [6.45, 7) is 5.31. The number of hydrogen-bond acceptors (Lipinski definition) is 5. The number of hydrogen-bond donors (Lipinski definition) is 2. The van der Waals surface area contributed by atoms with E-state index in [0.717, 1.165) is 19.3 Å². The van der Waals surface area contributed by atoms with Crippen LogP contribution in [0.5, 0.6) is 0 Å². The maximum Gasteiger partial charge on any atom is 0.244 e. The Hall–Kier alpha value is -0.890. The molecule has 0 radical (unpaired) electrons. The second-order valence-electron chi connectivity index (χ2n) is 5.44. The average molecular weight is 333 g/mol. The lowest BCUT2D eigenvalue weighted by atomic mass is 9.82. The van der Waals surface area contributed by atoms with E-state index in [1.54, 1.807) is 0 Å². The number of anilines is 1. The van der Waals surface area contributed by atoms with Gasteiger partial charge < -0.3 is 5.43 Å². The van der Waals surface area contributed by atoms with Crippen molar-refractivity contribution in [3.63, 3.8) is 0 Å². The summed E-state index contributed by atoms with van der Waals surface area (Å²) in [7, 11) is -3.56. The first-order valence-electron chi connectivity index (χ1n) is 7.01. The summed E-state index contributed by atoms with van der Waals surface area (Å²) in [5.41, 5.74) is 2.41. The summed E-state index contributed by atoms with van der Waals surface area (Å²) < 4.78 is 26.9. The molecule has 1 fully saturated rings. The summed E-state index contributed by atoms with van der Waals surface area (Å²) >= 11 is 5.96. The van der Waals surface area contributed by atoms with E-state index < -0.39 is 10.0 Å². The number of sulfonamides is 1. The first-order chi connectivity index (χ1) is 9.88. The van der Waals surface area contributed by atoms with Crippen LogP contribution in [0.15, 0.2) is 17.2 Å². The van der Waals surface area contributed by atoms with Crippen molar-refractivity contribution < 1.29 is 8.42 Å². The molecule has 0 aliphatic carbocycles. The Kier molecular flexibility index (Phi) is 4.77. The number of nitrogens with one attached hydrogen (secondary N) is 1. The zero-order valence-electron chi connectivity index (χ0n) is 12.3. The van der Waals surface area contributed by atoms with Gasteiger partial charge in [-0.15, -0.1) is 0 Å². The zero-order valence-corrected chi connectivity index (χ0v) is 13.8. The van der Waals surface area contributed by atoms with Gasteiger partial charge in [0, 0.05) is 19.3 Å². The molecule has 2 rings (SSSR count). The predicted molar refractivity (Wildman–Crippen MR) is 83.4 cm³/mol. The molecule has 8 heteroatoms. The van der Waals surface area contributed by atoms with E-state index >= 15 is 0 Å². The van der Waals surface area contributed by atoms with Crippen LogP contribution in [0.2, 0.25) is 5.02 Å². The molecule has 0 saturated carbocycles. The van der Waals surface area contributed by atoms with Crippen molar-refractivity contribution in [2.45, 2.75) is 38.0 Å². The number of rotatable bonds is 5. The summed E-state index contributed by atoms with van der Waals surface area (Å²) in [6.07, 6.45) is 4.13. The molecule has 0 unspecified atom stereocenters. The molecule has 1 aromatic rings. The number of pyridine rings is 1. The van der Waals surface area contributed by atoms with E-state index in [4.69, 9.17) is 17.4 Å². The van der Waals surface area contributed by atoms with E-state index in [-0.39, 0.29) is 21.2 Å². The lowest BCUT2D eigenvalue weighted by molar-refractivity contribution is 0.279. The van der Waals surface area contributed by atoms with Crippen molar-refractivity contribution in [2.75, 3.05) is 18.5 Å². The Morgan fingerprint density at radius 2 is 2.14 bits per heavy atom. The van der Waals surface area contributed by atoms with Crippen molar-refractivity contribution in [1.82, 2.24) is 9.29 Å². The Morgan fingerprint density at radius 3 is 2.62 bits per heavy atom. The number of hydrazine groups is 1. The third-order valence-electron chi connectivity index (χ3n) is 4.49. The highest BCUT2D eigenvalue weighted by molar-refractivity contribution is 7.89. The summed E-state index contributed by atoms with van der Waals surface area (Å²) in [5.74, 6) is 5.50. The molecule has 21 heavy (non-hydrogen) atoms. The van der Waals surface area contributed by atoms with Crippen LogP contribution in [-0.2, 0) is 10.0 Å². The molecule has 0 bridgehead atoms. The maximum absolute atomic E-state index is 12.7. The molecular weight excluding hydrogens is 312 g/mol. The van der Waals surface area contributed by atoms with Crippen molar-refractivity contribution in [3.05, 3.63) is 17.3 Å². The van der Waals surface area contributed by atoms with Crippen LogP contribution in [0.4, 0.5) is 5.82 Å². The molecule has 1 aliphatic rings. The van der Waals surface area contributed by atoms with Gasteiger partial charge in [0.2, 0.25) is 10.0 Å². The van der Waals surface area contributed by atoms with Crippen LogP contribution in [0, 0.1) is 5.41 Å². The molecule has 1 aliphatic heterocycles. The van der Waals surface area contributed by atoms with Gasteiger partial charge in [-0.2, -0.15) is 4.31 Å². The fourth-order valence-electron chi connectivity index (χ4n) is 2.74. The molecule has 0 atom stereocenters. The quantitative estimate of drug-likeness (QED) is 0.637. The first kappa shape index (κ1) is 16.5. The highest BCUT2D eigenvalue weighted by Gasteiger charge is 2.40. The maximum atomic E-state index is 12.7.